The molecule has 0 amide bonds. The normalized spacial score (nSPS) is 22.0. The third-order valence-electron chi connectivity index (χ3n) is 3.15. The lowest BCUT2D eigenvalue weighted by Crippen LogP contribution is -2.40. The first kappa shape index (κ1) is 14.0. The Morgan fingerprint density at radius 1 is 1.33 bits per heavy atom. The van der Waals surface area contributed by atoms with Crippen molar-refractivity contribution in [3.05, 3.63) is 30.1 Å². The lowest BCUT2D eigenvalue weighted by molar-refractivity contribution is 0.285. The molecule has 0 bridgehead atoms. The molecule has 1 heterocycles. The number of halogens is 2. The summed E-state index contributed by atoms with van der Waals surface area (Å²) in [7, 11) is -3.48. The highest BCUT2D eigenvalue weighted by Crippen LogP contribution is 2.24. The zero-order valence-corrected chi connectivity index (χ0v) is 12.3. The molecule has 1 fully saturated rings. The number of hydrogen-bond donors (Lipinski definition) is 0. The average molecular weight is 336 g/mol. The molecule has 1 aromatic carbocycles. The SMILES string of the molecule is O=S(=O)(c1ccc(F)cc1)N1CCCC(CBr)C1. The Labute approximate surface area is 115 Å². The molecule has 1 atom stereocenters. The van der Waals surface area contributed by atoms with Crippen LogP contribution in [0.4, 0.5) is 4.39 Å². The van der Waals surface area contributed by atoms with Gasteiger partial charge in [-0.1, -0.05) is 15.9 Å². The maximum Gasteiger partial charge on any atom is 0.243 e. The van der Waals surface area contributed by atoms with Crippen LogP contribution in [0.2, 0.25) is 0 Å². The molecular weight excluding hydrogens is 321 g/mol. The smallest absolute Gasteiger partial charge is 0.207 e. The summed E-state index contributed by atoms with van der Waals surface area (Å²) in [4.78, 5) is 0.166. The largest absolute Gasteiger partial charge is 0.243 e. The van der Waals surface area contributed by atoms with Crippen LogP contribution in [0.1, 0.15) is 12.8 Å². The number of alkyl halides is 1. The first-order valence-electron chi connectivity index (χ1n) is 5.85. The van der Waals surface area contributed by atoms with Gasteiger partial charge in [0.2, 0.25) is 10.0 Å². The zero-order chi connectivity index (χ0) is 13.2. The Balaban J connectivity index is 2.22. The molecule has 18 heavy (non-hydrogen) atoms. The summed E-state index contributed by atoms with van der Waals surface area (Å²) in [5, 5.41) is 0.808. The number of nitrogens with zero attached hydrogens (tertiary/aromatic N) is 1. The Morgan fingerprint density at radius 2 is 2.00 bits per heavy atom. The number of hydrogen-bond acceptors (Lipinski definition) is 2. The maximum absolute atomic E-state index is 12.8. The van der Waals surface area contributed by atoms with E-state index < -0.39 is 15.8 Å². The quantitative estimate of drug-likeness (QED) is 0.796. The van der Waals surface area contributed by atoms with Crippen LogP contribution in [0, 0.1) is 11.7 Å². The molecule has 0 spiro atoms. The third kappa shape index (κ3) is 2.92. The number of rotatable bonds is 3. The number of benzene rings is 1. The Kier molecular flexibility index (Phi) is 4.40. The van der Waals surface area contributed by atoms with Gasteiger partial charge in [0, 0.05) is 18.4 Å². The van der Waals surface area contributed by atoms with E-state index in [-0.39, 0.29) is 4.90 Å². The first-order valence-corrected chi connectivity index (χ1v) is 8.42. The molecular formula is C12H15BrFNO2S. The molecule has 1 saturated heterocycles. The van der Waals surface area contributed by atoms with E-state index in [2.05, 4.69) is 15.9 Å². The van der Waals surface area contributed by atoms with Crippen LogP contribution < -0.4 is 0 Å². The van der Waals surface area contributed by atoms with E-state index in [4.69, 9.17) is 0 Å². The van der Waals surface area contributed by atoms with E-state index in [0.717, 1.165) is 18.2 Å². The predicted molar refractivity (Wildman–Crippen MR) is 71.7 cm³/mol. The highest BCUT2D eigenvalue weighted by molar-refractivity contribution is 9.09. The van der Waals surface area contributed by atoms with Crippen LogP contribution in [0.25, 0.3) is 0 Å². The second kappa shape index (κ2) is 5.67. The van der Waals surface area contributed by atoms with Gasteiger partial charge in [0.25, 0.3) is 0 Å². The molecule has 1 aliphatic rings. The van der Waals surface area contributed by atoms with E-state index in [0.29, 0.717) is 19.0 Å². The van der Waals surface area contributed by atoms with E-state index >= 15 is 0 Å². The summed E-state index contributed by atoms with van der Waals surface area (Å²) in [6.45, 7) is 1.08. The standard InChI is InChI=1S/C12H15BrFNO2S/c13-8-10-2-1-7-15(9-10)18(16,17)12-5-3-11(14)4-6-12/h3-6,10H,1-2,7-9H2. The van der Waals surface area contributed by atoms with Crippen molar-refractivity contribution in [2.45, 2.75) is 17.7 Å². The van der Waals surface area contributed by atoms with E-state index in [9.17, 15) is 12.8 Å². The second-order valence-electron chi connectivity index (χ2n) is 4.48. The minimum absolute atomic E-state index is 0.166. The van der Waals surface area contributed by atoms with Gasteiger partial charge in [-0.05, 0) is 43.0 Å². The van der Waals surface area contributed by atoms with Crippen molar-refractivity contribution in [3.63, 3.8) is 0 Å². The van der Waals surface area contributed by atoms with Gasteiger partial charge in [-0.15, -0.1) is 0 Å². The van der Waals surface area contributed by atoms with Crippen molar-refractivity contribution >= 4 is 26.0 Å². The average Bonchev–Trinajstić information content (AvgIpc) is 2.39. The predicted octanol–water partition coefficient (Wildman–Crippen LogP) is 2.62. The van der Waals surface area contributed by atoms with Crippen molar-refractivity contribution in [1.82, 2.24) is 4.31 Å². The summed E-state index contributed by atoms with van der Waals surface area (Å²) < 4.78 is 39.0. The first-order chi connectivity index (χ1) is 8.54. The molecule has 100 valence electrons. The minimum Gasteiger partial charge on any atom is -0.207 e. The third-order valence-corrected chi connectivity index (χ3v) is 5.95. The van der Waals surface area contributed by atoms with Gasteiger partial charge in [0.1, 0.15) is 5.82 Å². The van der Waals surface area contributed by atoms with E-state index in [1.165, 1.54) is 28.6 Å². The summed E-state index contributed by atoms with van der Waals surface area (Å²) in [5.41, 5.74) is 0. The molecule has 0 aromatic heterocycles. The molecule has 1 aliphatic heterocycles. The lowest BCUT2D eigenvalue weighted by atomic mass is 10.0. The molecule has 1 aromatic rings. The molecule has 0 N–H and O–H groups in total. The number of piperidine rings is 1. The molecule has 0 radical (unpaired) electrons. The van der Waals surface area contributed by atoms with Gasteiger partial charge >= 0.3 is 0 Å². The summed E-state index contributed by atoms with van der Waals surface area (Å²) in [6, 6.07) is 5.00. The van der Waals surface area contributed by atoms with Crippen LogP contribution >= 0.6 is 15.9 Å². The van der Waals surface area contributed by atoms with Crippen LogP contribution in [0.5, 0.6) is 0 Å². The molecule has 1 unspecified atom stereocenters. The van der Waals surface area contributed by atoms with E-state index in [1.54, 1.807) is 0 Å². The summed E-state index contributed by atoms with van der Waals surface area (Å²) in [6.07, 6.45) is 1.91. The Morgan fingerprint density at radius 3 is 2.61 bits per heavy atom. The fourth-order valence-electron chi connectivity index (χ4n) is 2.13. The topological polar surface area (TPSA) is 37.4 Å². The minimum atomic E-state index is -3.48. The van der Waals surface area contributed by atoms with Gasteiger partial charge in [-0.25, -0.2) is 12.8 Å². The van der Waals surface area contributed by atoms with Crippen LogP contribution in [0.3, 0.4) is 0 Å². The van der Waals surface area contributed by atoms with E-state index in [1.807, 2.05) is 0 Å². The zero-order valence-electron chi connectivity index (χ0n) is 9.85. The van der Waals surface area contributed by atoms with Crippen molar-refractivity contribution in [1.29, 1.82) is 0 Å². The van der Waals surface area contributed by atoms with Crippen LogP contribution in [0.15, 0.2) is 29.2 Å². The van der Waals surface area contributed by atoms with Crippen molar-refractivity contribution in [2.75, 3.05) is 18.4 Å². The second-order valence-corrected chi connectivity index (χ2v) is 7.06. The van der Waals surface area contributed by atoms with Gasteiger partial charge in [-0.2, -0.15) is 4.31 Å². The molecule has 0 saturated carbocycles. The molecule has 2 rings (SSSR count). The molecule has 0 aliphatic carbocycles. The van der Waals surface area contributed by atoms with Crippen molar-refractivity contribution < 1.29 is 12.8 Å². The lowest BCUT2D eigenvalue weighted by Gasteiger charge is -2.31. The van der Waals surface area contributed by atoms with Crippen LogP contribution in [-0.4, -0.2) is 31.1 Å². The summed E-state index contributed by atoms with van der Waals surface area (Å²) >= 11 is 3.40. The monoisotopic (exact) mass is 335 g/mol. The van der Waals surface area contributed by atoms with Crippen LogP contribution in [-0.2, 0) is 10.0 Å². The fraction of sp³-hybridized carbons (Fsp3) is 0.500. The fourth-order valence-corrected chi connectivity index (χ4v) is 4.21. The highest BCUT2D eigenvalue weighted by atomic mass is 79.9. The summed E-state index contributed by atoms with van der Waals surface area (Å²) in [5.74, 6) is -0.0695. The highest BCUT2D eigenvalue weighted by Gasteiger charge is 2.29. The maximum atomic E-state index is 12.8. The van der Waals surface area contributed by atoms with Gasteiger partial charge < -0.3 is 0 Å². The van der Waals surface area contributed by atoms with Crippen molar-refractivity contribution in [3.8, 4) is 0 Å². The molecule has 3 nitrogen and oxygen atoms in total. The van der Waals surface area contributed by atoms with Gasteiger partial charge in [0.15, 0.2) is 0 Å². The van der Waals surface area contributed by atoms with Crippen molar-refractivity contribution in [2.24, 2.45) is 5.92 Å². The Hall–Kier alpha value is -0.460. The molecule has 6 heteroatoms. The number of sulfonamides is 1. The van der Waals surface area contributed by atoms with Gasteiger partial charge in [0.05, 0.1) is 4.90 Å². The Bertz CT molecular complexity index is 503. The van der Waals surface area contributed by atoms with Gasteiger partial charge in [-0.3, -0.25) is 0 Å².